The quantitative estimate of drug-likeness (QED) is 0.858. The summed E-state index contributed by atoms with van der Waals surface area (Å²) in [6.45, 7) is 3.90. The average molecular weight is 339 g/mol. The van der Waals surface area contributed by atoms with Crippen molar-refractivity contribution in [3.8, 4) is 0 Å². The van der Waals surface area contributed by atoms with Crippen LogP contribution in [-0.2, 0) is 7.05 Å². The van der Waals surface area contributed by atoms with Crippen LogP contribution in [0.4, 0.5) is 0 Å². The van der Waals surface area contributed by atoms with Crippen molar-refractivity contribution < 1.29 is 4.79 Å². The van der Waals surface area contributed by atoms with E-state index in [-0.39, 0.29) is 11.4 Å². The van der Waals surface area contributed by atoms with E-state index < -0.39 is 0 Å². The maximum absolute atomic E-state index is 11.8. The van der Waals surface area contributed by atoms with Gasteiger partial charge in [-0.05, 0) is 29.8 Å². The maximum atomic E-state index is 11.8. The van der Waals surface area contributed by atoms with Gasteiger partial charge in [0.05, 0.1) is 11.8 Å². The van der Waals surface area contributed by atoms with E-state index in [0.29, 0.717) is 15.5 Å². The highest BCUT2D eigenvalue weighted by Gasteiger charge is 2.22. The number of rotatable bonds is 3. The van der Waals surface area contributed by atoms with Crippen molar-refractivity contribution >= 4 is 37.8 Å². The standard InChI is InChI=1S/C9H13Br2N3O/c1-9(2,5-10)13-8(15)6-4-12-14(3)7(6)11/h4H,5H2,1-3H3,(H,13,15). The van der Waals surface area contributed by atoms with Crippen LogP contribution in [0.2, 0.25) is 0 Å². The highest BCUT2D eigenvalue weighted by Crippen LogP contribution is 2.16. The normalized spacial score (nSPS) is 11.5. The largest absolute Gasteiger partial charge is 0.346 e. The van der Waals surface area contributed by atoms with E-state index >= 15 is 0 Å². The molecule has 0 aliphatic rings. The lowest BCUT2D eigenvalue weighted by molar-refractivity contribution is 0.0920. The lowest BCUT2D eigenvalue weighted by Crippen LogP contribution is -2.44. The van der Waals surface area contributed by atoms with E-state index in [1.165, 1.54) is 0 Å². The predicted octanol–water partition coefficient (Wildman–Crippen LogP) is 2.09. The van der Waals surface area contributed by atoms with Crippen molar-refractivity contribution in [3.63, 3.8) is 0 Å². The van der Waals surface area contributed by atoms with Gasteiger partial charge in [-0.3, -0.25) is 9.48 Å². The number of hydrogen-bond acceptors (Lipinski definition) is 2. The Balaban J connectivity index is 2.83. The zero-order valence-corrected chi connectivity index (χ0v) is 12.0. The van der Waals surface area contributed by atoms with Gasteiger partial charge in [0.2, 0.25) is 0 Å². The second-order valence-electron chi connectivity index (χ2n) is 3.94. The molecule has 1 rings (SSSR count). The van der Waals surface area contributed by atoms with Gasteiger partial charge in [0, 0.05) is 17.9 Å². The fraction of sp³-hybridized carbons (Fsp3) is 0.556. The molecule has 1 amide bonds. The summed E-state index contributed by atoms with van der Waals surface area (Å²) >= 11 is 6.66. The van der Waals surface area contributed by atoms with Crippen molar-refractivity contribution in [3.05, 3.63) is 16.4 Å². The Hall–Kier alpha value is -0.360. The first-order valence-corrected chi connectivity index (χ1v) is 6.35. The minimum atomic E-state index is -0.271. The molecule has 1 aromatic rings. The van der Waals surface area contributed by atoms with Gasteiger partial charge in [0.1, 0.15) is 4.60 Å². The zero-order chi connectivity index (χ0) is 11.6. The van der Waals surface area contributed by atoms with Gasteiger partial charge in [-0.15, -0.1) is 0 Å². The Labute approximate surface area is 106 Å². The topological polar surface area (TPSA) is 46.9 Å². The number of hydrogen-bond donors (Lipinski definition) is 1. The van der Waals surface area contributed by atoms with Crippen molar-refractivity contribution in [2.45, 2.75) is 19.4 Å². The molecule has 0 saturated heterocycles. The van der Waals surface area contributed by atoms with Gasteiger partial charge in [-0.25, -0.2) is 0 Å². The minimum absolute atomic E-state index is 0.126. The third-order valence-electron chi connectivity index (χ3n) is 1.90. The Bertz CT molecular complexity index is 373. The molecule has 0 bridgehead atoms. The Morgan fingerprint density at radius 3 is 2.67 bits per heavy atom. The summed E-state index contributed by atoms with van der Waals surface area (Å²) in [6.07, 6.45) is 1.55. The first-order valence-electron chi connectivity index (χ1n) is 4.43. The molecule has 84 valence electrons. The first kappa shape index (κ1) is 12.7. The first-order chi connectivity index (χ1) is 6.87. The van der Waals surface area contributed by atoms with E-state index in [1.54, 1.807) is 17.9 Å². The summed E-state index contributed by atoms with van der Waals surface area (Å²) in [5.74, 6) is -0.126. The molecule has 0 spiro atoms. The van der Waals surface area contributed by atoms with Gasteiger partial charge in [0.15, 0.2) is 0 Å². The summed E-state index contributed by atoms with van der Waals surface area (Å²) in [7, 11) is 1.77. The third-order valence-corrected chi connectivity index (χ3v) is 4.24. The van der Waals surface area contributed by atoms with E-state index in [2.05, 4.69) is 42.3 Å². The van der Waals surface area contributed by atoms with E-state index in [1.807, 2.05) is 13.8 Å². The molecule has 6 heteroatoms. The fourth-order valence-corrected chi connectivity index (χ4v) is 1.50. The second kappa shape index (κ2) is 4.65. The molecule has 15 heavy (non-hydrogen) atoms. The van der Waals surface area contributed by atoms with Crippen molar-refractivity contribution in [1.29, 1.82) is 0 Å². The molecular formula is C9H13Br2N3O. The van der Waals surface area contributed by atoms with Gasteiger partial charge >= 0.3 is 0 Å². The summed E-state index contributed by atoms with van der Waals surface area (Å²) in [5.41, 5.74) is 0.276. The van der Waals surface area contributed by atoms with Gasteiger partial charge in [0.25, 0.3) is 5.91 Å². The van der Waals surface area contributed by atoms with Gasteiger partial charge in [-0.2, -0.15) is 5.10 Å². The van der Waals surface area contributed by atoms with E-state index in [4.69, 9.17) is 0 Å². The number of nitrogens with one attached hydrogen (secondary N) is 1. The predicted molar refractivity (Wildman–Crippen MR) is 66.2 cm³/mol. The van der Waals surface area contributed by atoms with Crippen LogP contribution in [0.15, 0.2) is 10.8 Å². The monoisotopic (exact) mass is 337 g/mol. The zero-order valence-electron chi connectivity index (χ0n) is 8.84. The summed E-state index contributed by atoms with van der Waals surface area (Å²) in [6, 6.07) is 0. The summed E-state index contributed by atoms with van der Waals surface area (Å²) in [5, 5.41) is 7.60. The Morgan fingerprint density at radius 1 is 1.67 bits per heavy atom. The molecule has 0 atom stereocenters. The molecule has 0 aromatic carbocycles. The lowest BCUT2D eigenvalue weighted by atomic mass is 10.1. The number of halogens is 2. The molecule has 0 radical (unpaired) electrons. The summed E-state index contributed by atoms with van der Waals surface area (Å²) < 4.78 is 2.29. The molecule has 4 nitrogen and oxygen atoms in total. The number of aromatic nitrogens is 2. The number of amides is 1. The number of alkyl halides is 1. The van der Waals surface area contributed by atoms with Crippen LogP contribution in [0.1, 0.15) is 24.2 Å². The number of carbonyl (C=O) groups excluding carboxylic acids is 1. The number of aryl methyl sites for hydroxylation is 1. The molecule has 0 saturated carbocycles. The lowest BCUT2D eigenvalue weighted by Gasteiger charge is -2.23. The highest BCUT2D eigenvalue weighted by atomic mass is 79.9. The third kappa shape index (κ3) is 3.04. The fourth-order valence-electron chi connectivity index (χ4n) is 0.983. The van der Waals surface area contributed by atoms with Crippen LogP contribution in [0.3, 0.4) is 0 Å². The summed E-state index contributed by atoms with van der Waals surface area (Å²) in [4.78, 5) is 11.8. The number of nitrogens with zero attached hydrogens (tertiary/aromatic N) is 2. The Morgan fingerprint density at radius 2 is 2.27 bits per heavy atom. The minimum Gasteiger partial charge on any atom is -0.346 e. The SMILES string of the molecule is Cn1ncc(C(=O)NC(C)(C)CBr)c1Br. The smallest absolute Gasteiger partial charge is 0.256 e. The molecule has 1 aromatic heterocycles. The number of carbonyl (C=O) groups is 1. The second-order valence-corrected chi connectivity index (χ2v) is 5.26. The van der Waals surface area contributed by atoms with E-state index in [0.717, 1.165) is 0 Å². The van der Waals surface area contributed by atoms with Crippen LogP contribution in [-0.4, -0.2) is 26.6 Å². The van der Waals surface area contributed by atoms with Crippen molar-refractivity contribution in [2.24, 2.45) is 7.05 Å². The molecule has 0 aliphatic carbocycles. The molecule has 0 aliphatic heterocycles. The molecule has 0 unspecified atom stereocenters. The van der Waals surface area contributed by atoms with Crippen LogP contribution < -0.4 is 5.32 Å². The molecular weight excluding hydrogens is 326 g/mol. The van der Waals surface area contributed by atoms with Crippen molar-refractivity contribution in [2.75, 3.05) is 5.33 Å². The van der Waals surface area contributed by atoms with Crippen LogP contribution in [0.25, 0.3) is 0 Å². The molecule has 1 N–H and O–H groups in total. The maximum Gasteiger partial charge on any atom is 0.256 e. The molecule has 1 heterocycles. The van der Waals surface area contributed by atoms with Crippen molar-refractivity contribution in [1.82, 2.24) is 15.1 Å². The van der Waals surface area contributed by atoms with Crippen LogP contribution in [0, 0.1) is 0 Å². The van der Waals surface area contributed by atoms with Crippen LogP contribution in [0.5, 0.6) is 0 Å². The van der Waals surface area contributed by atoms with E-state index in [9.17, 15) is 4.79 Å². The molecule has 0 fully saturated rings. The van der Waals surface area contributed by atoms with Gasteiger partial charge < -0.3 is 5.32 Å². The Kier molecular flexibility index (Phi) is 3.94. The highest BCUT2D eigenvalue weighted by molar-refractivity contribution is 9.10. The van der Waals surface area contributed by atoms with Crippen LogP contribution >= 0.6 is 31.9 Å². The van der Waals surface area contributed by atoms with Gasteiger partial charge in [-0.1, -0.05) is 15.9 Å². The average Bonchev–Trinajstić information content (AvgIpc) is 2.47.